The van der Waals surface area contributed by atoms with Crippen molar-refractivity contribution in [1.29, 1.82) is 0 Å². The number of carboxylic acids is 1. The number of aliphatic carboxylic acids is 1. The first-order valence-corrected chi connectivity index (χ1v) is 11.7. The average Bonchev–Trinajstić information content (AvgIpc) is 2.78. The van der Waals surface area contributed by atoms with E-state index in [0.29, 0.717) is 6.16 Å². The summed E-state index contributed by atoms with van der Waals surface area (Å²) in [5, 5.41) is 14.9. The van der Waals surface area contributed by atoms with Crippen molar-refractivity contribution in [2.45, 2.75) is 13.0 Å². The molecule has 0 aliphatic carbocycles. The molecule has 0 heterocycles. The van der Waals surface area contributed by atoms with Crippen molar-refractivity contribution in [3.63, 3.8) is 0 Å². The summed E-state index contributed by atoms with van der Waals surface area (Å²) in [5.74, 6) is -1.10. The van der Waals surface area contributed by atoms with Gasteiger partial charge in [-0.15, -0.1) is 0 Å². The van der Waals surface area contributed by atoms with Crippen LogP contribution in [0.2, 0.25) is 0 Å². The van der Waals surface area contributed by atoms with Crippen molar-refractivity contribution < 1.29 is 19.4 Å². The zero-order chi connectivity index (χ0) is 21.4. The fraction of sp³-hybridized carbons (Fsp3) is 0.167. The highest BCUT2D eigenvalue weighted by Gasteiger charge is 2.45. The molecule has 0 saturated carbocycles. The minimum Gasteiger partial charge on any atom is -0.480 e. The molecule has 0 unspecified atom stereocenters. The van der Waals surface area contributed by atoms with Crippen LogP contribution in [-0.2, 0) is 9.53 Å². The summed E-state index contributed by atoms with van der Waals surface area (Å²) in [5.41, 5.74) is 0. The number of benzene rings is 3. The Morgan fingerprint density at radius 3 is 1.60 bits per heavy atom. The average molecular weight is 422 g/mol. The van der Waals surface area contributed by atoms with Gasteiger partial charge in [-0.2, -0.15) is 0 Å². The molecule has 0 spiro atoms. The predicted molar refractivity (Wildman–Crippen MR) is 122 cm³/mol. The van der Waals surface area contributed by atoms with Gasteiger partial charge in [0.2, 0.25) is 0 Å². The van der Waals surface area contributed by atoms with Crippen LogP contribution in [0.25, 0.3) is 0 Å². The Morgan fingerprint density at radius 2 is 1.23 bits per heavy atom. The lowest BCUT2D eigenvalue weighted by Crippen LogP contribution is -2.40. The minimum atomic E-state index is -2.08. The van der Waals surface area contributed by atoms with Gasteiger partial charge in [0.1, 0.15) is 42.0 Å². The summed E-state index contributed by atoms with van der Waals surface area (Å²) in [6.45, 7) is 1.57. The molecule has 6 heteroatoms. The Bertz CT molecular complexity index is 868. The van der Waals surface area contributed by atoms with E-state index in [1.165, 1.54) is 22.8 Å². The minimum absolute atomic E-state index is 0.171. The van der Waals surface area contributed by atoms with Gasteiger partial charge in [0.05, 0.1) is 0 Å². The van der Waals surface area contributed by atoms with E-state index in [1.807, 2.05) is 54.6 Å². The number of hydrogen-bond donors (Lipinski definition) is 2. The number of carbonyl (C=O) groups excluding carboxylic acids is 1. The third-order valence-corrected chi connectivity index (χ3v) is 9.35. The van der Waals surface area contributed by atoms with Crippen molar-refractivity contribution >= 4 is 35.2 Å². The van der Waals surface area contributed by atoms with Crippen molar-refractivity contribution in [3.05, 3.63) is 91.0 Å². The van der Waals surface area contributed by atoms with Crippen LogP contribution in [-0.4, -0.2) is 36.0 Å². The topological polar surface area (TPSA) is 75.6 Å². The Labute approximate surface area is 177 Å². The zero-order valence-electron chi connectivity index (χ0n) is 16.8. The molecule has 1 amide bonds. The monoisotopic (exact) mass is 422 g/mol. The molecule has 0 aromatic heterocycles. The second-order valence-corrected chi connectivity index (χ2v) is 10.5. The smallest absolute Gasteiger partial charge is 0.407 e. The van der Waals surface area contributed by atoms with Gasteiger partial charge in [0.15, 0.2) is 0 Å². The lowest BCUT2D eigenvalue weighted by atomic mass is 10.4. The molecule has 0 saturated heterocycles. The largest absolute Gasteiger partial charge is 0.480 e. The molecule has 2 N–H and O–H groups in total. The van der Waals surface area contributed by atoms with Crippen LogP contribution < -0.4 is 21.2 Å². The van der Waals surface area contributed by atoms with E-state index in [9.17, 15) is 9.59 Å². The van der Waals surface area contributed by atoms with E-state index in [0.717, 1.165) is 0 Å². The highest BCUT2D eigenvalue weighted by molar-refractivity contribution is 7.95. The van der Waals surface area contributed by atoms with Gasteiger partial charge in [0, 0.05) is 0 Å². The molecular formula is C24H25NO4P+. The van der Waals surface area contributed by atoms with Crippen molar-refractivity contribution in [2.24, 2.45) is 0 Å². The van der Waals surface area contributed by atoms with Crippen molar-refractivity contribution in [3.8, 4) is 0 Å². The van der Waals surface area contributed by atoms with Gasteiger partial charge in [-0.05, 0) is 43.3 Å². The second kappa shape index (κ2) is 10.0. The molecule has 5 nitrogen and oxygen atoms in total. The van der Waals surface area contributed by atoms with Crippen LogP contribution in [0.1, 0.15) is 6.92 Å². The first kappa shape index (κ1) is 21.5. The van der Waals surface area contributed by atoms with Crippen LogP contribution in [0.15, 0.2) is 91.0 Å². The van der Waals surface area contributed by atoms with Gasteiger partial charge in [0.25, 0.3) is 0 Å². The Hall–Kier alpha value is -3.17. The van der Waals surface area contributed by atoms with E-state index in [1.54, 1.807) is 0 Å². The normalized spacial score (nSPS) is 12.0. The number of hydrogen-bond acceptors (Lipinski definition) is 3. The number of amides is 1. The van der Waals surface area contributed by atoms with E-state index < -0.39 is 25.4 Å². The van der Waals surface area contributed by atoms with Crippen LogP contribution in [0.3, 0.4) is 0 Å². The van der Waals surface area contributed by atoms with Gasteiger partial charge in [-0.25, -0.2) is 4.79 Å². The van der Waals surface area contributed by atoms with Crippen molar-refractivity contribution in [1.82, 2.24) is 5.32 Å². The molecule has 3 aromatic rings. The number of ether oxygens (including phenoxy) is 1. The Kier molecular flexibility index (Phi) is 7.21. The summed E-state index contributed by atoms with van der Waals surface area (Å²) in [7, 11) is -2.08. The van der Waals surface area contributed by atoms with E-state index in [4.69, 9.17) is 9.84 Å². The summed E-state index contributed by atoms with van der Waals surface area (Å²) in [4.78, 5) is 23.0. The maximum Gasteiger partial charge on any atom is 0.407 e. The van der Waals surface area contributed by atoms with Gasteiger partial charge < -0.3 is 15.2 Å². The Morgan fingerprint density at radius 1 is 0.833 bits per heavy atom. The maximum atomic E-state index is 12.1. The molecule has 3 rings (SSSR count). The summed E-state index contributed by atoms with van der Waals surface area (Å²) >= 11 is 0. The van der Waals surface area contributed by atoms with Gasteiger partial charge in [-0.3, -0.25) is 4.79 Å². The van der Waals surface area contributed by atoms with Crippen LogP contribution in [0.5, 0.6) is 0 Å². The number of nitrogens with one attached hydrogen (secondary N) is 1. The summed E-state index contributed by atoms with van der Waals surface area (Å²) in [6, 6.07) is 29.9. The van der Waals surface area contributed by atoms with Gasteiger partial charge >= 0.3 is 12.1 Å². The van der Waals surface area contributed by atoms with Crippen molar-refractivity contribution in [2.75, 3.05) is 12.8 Å². The standard InChI is InChI=1S/C24H24NO4P/c1-19(23(26)27)25-24(28)29-17-18-30(20-11-5-2-6-12-20,21-13-7-3-8-14-21)22-15-9-4-10-16-22/h2-16,19H,17-18H2,1H3,(H-,25,26,27,28)/p+1/t19-/m1/s1. The lowest BCUT2D eigenvalue weighted by molar-refractivity contribution is -0.138. The SMILES string of the molecule is C[C@@H](NC(=O)OCC[P+](c1ccccc1)(c1ccccc1)c1ccccc1)C(=O)O. The summed E-state index contributed by atoms with van der Waals surface area (Å²) in [6.07, 6.45) is -0.114. The lowest BCUT2D eigenvalue weighted by Gasteiger charge is -2.27. The first-order valence-electron chi connectivity index (χ1n) is 9.75. The molecule has 0 fully saturated rings. The highest BCUT2D eigenvalue weighted by Crippen LogP contribution is 2.54. The van der Waals surface area contributed by atoms with Crippen LogP contribution in [0, 0.1) is 0 Å². The molecular weight excluding hydrogens is 397 g/mol. The molecule has 0 aliphatic rings. The zero-order valence-corrected chi connectivity index (χ0v) is 17.7. The molecule has 30 heavy (non-hydrogen) atoms. The number of rotatable bonds is 8. The number of carboxylic acid groups (broad SMARTS) is 1. The third kappa shape index (κ3) is 4.87. The molecule has 154 valence electrons. The molecule has 0 aliphatic heterocycles. The fourth-order valence-corrected chi connectivity index (χ4v) is 7.51. The highest BCUT2D eigenvalue weighted by atomic mass is 31.2. The van der Waals surface area contributed by atoms with Crippen LogP contribution in [0.4, 0.5) is 4.79 Å². The number of carbonyl (C=O) groups is 2. The molecule has 0 bridgehead atoms. The third-order valence-electron chi connectivity index (χ3n) is 4.96. The Balaban J connectivity index is 1.95. The number of alkyl carbamates (subject to hydrolysis) is 1. The first-order chi connectivity index (χ1) is 14.5. The predicted octanol–water partition coefficient (Wildman–Crippen LogP) is 3.18. The maximum absolute atomic E-state index is 12.1. The van der Waals surface area contributed by atoms with Gasteiger partial charge in [-0.1, -0.05) is 54.6 Å². The van der Waals surface area contributed by atoms with E-state index in [2.05, 4.69) is 41.7 Å². The molecule has 0 radical (unpaired) electrons. The molecule has 3 aromatic carbocycles. The van der Waals surface area contributed by atoms with Crippen LogP contribution >= 0.6 is 7.26 Å². The molecule has 1 atom stereocenters. The fourth-order valence-electron chi connectivity index (χ4n) is 3.44. The van der Waals surface area contributed by atoms with E-state index >= 15 is 0 Å². The quantitative estimate of drug-likeness (QED) is 0.547. The second-order valence-electron chi connectivity index (χ2n) is 6.88. The van der Waals surface area contributed by atoms with E-state index in [-0.39, 0.29) is 6.61 Å². The summed E-state index contributed by atoms with van der Waals surface area (Å²) < 4.78 is 5.40.